The summed E-state index contributed by atoms with van der Waals surface area (Å²) in [5, 5.41) is 1.06. The van der Waals surface area contributed by atoms with E-state index in [-0.39, 0.29) is 0 Å². The van der Waals surface area contributed by atoms with E-state index in [0.29, 0.717) is 19.1 Å². The molecule has 0 bridgehead atoms. The molecular formula is C20H28N2O3. The zero-order valence-corrected chi connectivity index (χ0v) is 15.3. The number of aryl methyl sites for hydroxylation is 1. The van der Waals surface area contributed by atoms with Gasteiger partial charge >= 0.3 is 0 Å². The number of pyridine rings is 1. The highest BCUT2D eigenvalue weighted by atomic mass is 16.5. The normalized spacial score (nSPS) is 15.4. The van der Waals surface area contributed by atoms with E-state index in [0.717, 1.165) is 62.3 Å². The van der Waals surface area contributed by atoms with Gasteiger partial charge in [0.15, 0.2) is 0 Å². The summed E-state index contributed by atoms with van der Waals surface area (Å²) < 4.78 is 17.3. The van der Waals surface area contributed by atoms with Gasteiger partial charge in [-0.3, -0.25) is 4.90 Å². The highest BCUT2D eigenvalue weighted by Gasteiger charge is 2.13. The topological polar surface area (TPSA) is 43.8 Å². The minimum Gasteiger partial charge on any atom is -0.493 e. The summed E-state index contributed by atoms with van der Waals surface area (Å²) in [6, 6.07) is 8.19. The molecular weight excluding hydrogens is 316 g/mol. The Labute approximate surface area is 149 Å². The number of benzene rings is 1. The summed E-state index contributed by atoms with van der Waals surface area (Å²) in [5.74, 6) is 1.51. The maximum atomic E-state index is 5.96. The van der Waals surface area contributed by atoms with E-state index in [1.165, 1.54) is 5.56 Å². The second kappa shape index (κ2) is 9.02. The summed E-state index contributed by atoms with van der Waals surface area (Å²) in [7, 11) is 0. The van der Waals surface area contributed by atoms with Crippen molar-refractivity contribution in [3.8, 4) is 11.6 Å². The van der Waals surface area contributed by atoms with Gasteiger partial charge in [0, 0.05) is 31.1 Å². The maximum absolute atomic E-state index is 5.96. The number of nitrogens with zero attached hydrogens (tertiary/aromatic N) is 2. The van der Waals surface area contributed by atoms with Crippen LogP contribution >= 0.6 is 0 Å². The second-order valence-electron chi connectivity index (χ2n) is 6.28. The predicted octanol–water partition coefficient (Wildman–Crippen LogP) is 3.30. The summed E-state index contributed by atoms with van der Waals surface area (Å²) >= 11 is 0. The molecule has 0 atom stereocenters. The van der Waals surface area contributed by atoms with E-state index in [4.69, 9.17) is 19.2 Å². The second-order valence-corrected chi connectivity index (χ2v) is 6.28. The Bertz CT molecular complexity index is 684. The number of rotatable bonds is 8. The van der Waals surface area contributed by atoms with E-state index < -0.39 is 0 Å². The number of fused-ring (bicyclic) bond motifs is 1. The lowest BCUT2D eigenvalue weighted by molar-refractivity contribution is 0.0320. The van der Waals surface area contributed by atoms with Gasteiger partial charge in [0.1, 0.15) is 12.4 Å². The number of para-hydroxylation sites is 1. The van der Waals surface area contributed by atoms with Gasteiger partial charge in [0.05, 0.1) is 25.3 Å². The van der Waals surface area contributed by atoms with Crippen molar-refractivity contribution in [3.05, 3.63) is 29.8 Å². The fourth-order valence-corrected chi connectivity index (χ4v) is 3.05. The van der Waals surface area contributed by atoms with Crippen molar-refractivity contribution in [2.45, 2.75) is 26.7 Å². The fraction of sp³-hybridized carbons (Fsp3) is 0.550. The van der Waals surface area contributed by atoms with E-state index in [1.54, 1.807) is 0 Å². The molecule has 2 aromatic rings. The van der Waals surface area contributed by atoms with Crippen molar-refractivity contribution in [3.63, 3.8) is 0 Å². The lowest BCUT2D eigenvalue weighted by atomic mass is 10.1. The molecule has 1 aromatic heterocycles. The first kappa shape index (κ1) is 18.0. The highest BCUT2D eigenvalue weighted by molar-refractivity contribution is 5.88. The van der Waals surface area contributed by atoms with Crippen LogP contribution in [0.4, 0.5) is 0 Å². The summed E-state index contributed by atoms with van der Waals surface area (Å²) in [4.78, 5) is 7.11. The van der Waals surface area contributed by atoms with Crippen molar-refractivity contribution in [2.24, 2.45) is 0 Å². The zero-order chi connectivity index (χ0) is 17.5. The van der Waals surface area contributed by atoms with Crippen LogP contribution in [0.25, 0.3) is 10.9 Å². The lowest BCUT2D eigenvalue weighted by Crippen LogP contribution is -2.38. The largest absolute Gasteiger partial charge is 0.493 e. The maximum Gasteiger partial charge on any atom is 0.217 e. The van der Waals surface area contributed by atoms with Crippen LogP contribution in [-0.2, 0) is 11.2 Å². The first-order valence-electron chi connectivity index (χ1n) is 9.30. The monoisotopic (exact) mass is 344 g/mol. The van der Waals surface area contributed by atoms with Crippen molar-refractivity contribution in [2.75, 3.05) is 46.1 Å². The molecule has 0 spiro atoms. The number of hydrogen-bond donors (Lipinski definition) is 0. The van der Waals surface area contributed by atoms with E-state index in [1.807, 2.05) is 6.07 Å². The highest BCUT2D eigenvalue weighted by Crippen LogP contribution is 2.31. The van der Waals surface area contributed by atoms with Crippen molar-refractivity contribution < 1.29 is 14.2 Å². The Kier molecular flexibility index (Phi) is 6.48. The molecule has 1 aromatic carbocycles. The molecule has 0 radical (unpaired) electrons. The zero-order valence-electron chi connectivity index (χ0n) is 15.3. The lowest BCUT2D eigenvalue weighted by Gasteiger charge is -2.26. The summed E-state index contributed by atoms with van der Waals surface area (Å²) in [6.07, 6.45) is 1.92. The van der Waals surface area contributed by atoms with Gasteiger partial charge in [-0.1, -0.05) is 26.0 Å². The molecule has 1 aliphatic rings. The molecule has 136 valence electrons. The third kappa shape index (κ3) is 4.61. The van der Waals surface area contributed by atoms with Crippen LogP contribution < -0.4 is 9.47 Å². The van der Waals surface area contributed by atoms with Crippen LogP contribution in [0.15, 0.2) is 24.3 Å². The summed E-state index contributed by atoms with van der Waals surface area (Å²) in [5.41, 5.74) is 2.21. The average molecular weight is 344 g/mol. The van der Waals surface area contributed by atoms with Gasteiger partial charge in [-0.25, -0.2) is 4.98 Å². The van der Waals surface area contributed by atoms with Gasteiger partial charge in [-0.15, -0.1) is 0 Å². The Morgan fingerprint density at radius 1 is 1.12 bits per heavy atom. The smallest absolute Gasteiger partial charge is 0.217 e. The van der Waals surface area contributed by atoms with Gasteiger partial charge < -0.3 is 14.2 Å². The van der Waals surface area contributed by atoms with Gasteiger partial charge in [0.2, 0.25) is 5.88 Å². The Morgan fingerprint density at radius 2 is 1.96 bits per heavy atom. The first-order chi connectivity index (χ1) is 12.3. The molecule has 25 heavy (non-hydrogen) atoms. The van der Waals surface area contributed by atoms with Crippen LogP contribution in [0.2, 0.25) is 0 Å². The van der Waals surface area contributed by atoms with Crippen LogP contribution in [-0.4, -0.2) is 55.9 Å². The van der Waals surface area contributed by atoms with Crippen LogP contribution in [0.5, 0.6) is 11.6 Å². The third-order valence-corrected chi connectivity index (χ3v) is 4.47. The molecule has 3 rings (SSSR count). The number of morpholine rings is 1. The minimum atomic E-state index is 0.625. The Balaban J connectivity index is 1.76. The molecule has 5 nitrogen and oxygen atoms in total. The summed E-state index contributed by atoms with van der Waals surface area (Å²) in [6.45, 7) is 10.0. The number of hydrogen-bond acceptors (Lipinski definition) is 5. The van der Waals surface area contributed by atoms with Gasteiger partial charge in [-0.2, -0.15) is 0 Å². The molecule has 0 aliphatic carbocycles. The van der Waals surface area contributed by atoms with E-state index in [2.05, 4.69) is 36.9 Å². The van der Waals surface area contributed by atoms with E-state index >= 15 is 0 Å². The first-order valence-corrected chi connectivity index (χ1v) is 9.30. The minimum absolute atomic E-state index is 0.625. The molecule has 0 N–H and O–H groups in total. The average Bonchev–Trinajstić information content (AvgIpc) is 2.66. The molecule has 1 fully saturated rings. The van der Waals surface area contributed by atoms with Gasteiger partial charge in [-0.05, 0) is 24.5 Å². The number of ether oxygens (including phenoxy) is 3. The van der Waals surface area contributed by atoms with E-state index in [9.17, 15) is 0 Å². The predicted molar refractivity (Wildman–Crippen MR) is 99.7 cm³/mol. The molecule has 2 heterocycles. The molecule has 0 unspecified atom stereocenters. The van der Waals surface area contributed by atoms with Crippen molar-refractivity contribution >= 4 is 10.9 Å². The Morgan fingerprint density at radius 3 is 2.72 bits per heavy atom. The molecule has 0 amide bonds. The quantitative estimate of drug-likeness (QED) is 0.735. The SMILES string of the molecule is CCCOc1cc(OCCN2CCOCC2)nc2c(CC)cccc12. The third-order valence-electron chi connectivity index (χ3n) is 4.47. The number of aromatic nitrogens is 1. The van der Waals surface area contributed by atoms with Crippen molar-refractivity contribution in [1.82, 2.24) is 9.88 Å². The Hall–Kier alpha value is -1.85. The molecule has 0 saturated carbocycles. The van der Waals surface area contributed by atoms with Crippen LogP contribution in [0, 0.1) is 0 Å². The molecule has 5 heteroatoms. The molecule has 1 saturated heterocycles. The van der Waals surface area contributed by atoms with Crippen LogP contribution in [0.3, 0.4) is 0 Å². The van der Waals surface area contributed by atoms with Crippen LogP contribution in [0.1, 0.15) is 25.8 Å². The van der Waals surface area contributed by atoms with Gasteiger partial charge in [0.25, 0.3) is 0 Å². The standard InChI is InChI=1S/C20H28N2O3/c1-3-11-24-18-15-19(25-14-10-22-8-12-23-13-9-22)21-20-16(4-2)6-5-7-17(18)20/h5-7,15H,3-4,8-14H2,1-2H3. The molecule has 1 aliphatic heterocycles. The van der Waals surface area contributed by atoms with Crippen molar-refractivity contribution in [1.29, 1.82) is 0 Å². The fourth-order valence-electron chi connectivity index (χ4n) is 3.05.